The first-order valence-electron chi connectivity index (χ1n) is 8.40. The van der Waals surface area contributed by atoms with Crippen LogP contribution in [0.5, 0.6) is 11.5 Å². The van der Waals surface area contributed by atoms with Crippen molar-refractivity contribution in [1.29, 1.82) is 0 Å². The number of rotatable bonds is 8. The molecule has 0 unspecified atom stereocenters. The lowest BCUT2D eigenvalue weighted by atomic mass is 9.89. The van der Waals surface area contributed by atoms with Gasteiger partial charge < -0.3 is 14.8 Å². The molecule has 1 aliphatic rings. The molecule has 1 aliphatic heterocycles. The Morgan fingerprint density at radius 3 is 2.50 bits per heavy atom. The number of hydrogen-bond donors (Lipinski definition) is 1. The molecular formula is C18H27NO3. The third kappa shape index (κ3) is 4.47. The third-order valence-electron chi connectivity index (χ3n) is 3.86. The van der Waals surface area contributed by atoms with E-state index < -0.39 is 0 Å². The van der Waals surface area contributed by atoms with Crippen LogP contribution in [0.3, 0.4) is 0 Å². The number of ketones is 1. The molecule has 22 heavy (non-hydrogen) atoms. The number of nitrogens with one attached hydrogen (secondary N) is 1. The Hall–Kier alpha value is -1.55. The van der Waals surface area contributed by atoms with Crippen LogP contribution < -0.4 is 14.8 Å². The molecule has 0 aliphatic carbocycles. The lowest BCUT2D eigenvalue weighted by Gasteiger charge is -2.22. The first-order chi connectivity index (χ1) is 10.8. The number of benzene rings is 1. The molecule has 0 radical (unpaired) electrons. The van der Waals surface area contributed by atoms with E-state index in [0.717, 1.165) is 44.5 Å². The first kappa shape index (κ1) is 16.8. The summed E-state index contributed by atoms with van der Waals surface area (Å²) < 4.78 is 11.5. The average molecular weight is 305 g/mol. The van der Waals surface area contributed by atoms with Gasteiger partial charge in [-0.25, -0.2) is 0 Å². The van der Waals surface area contributed by atoms with Crippen LogP contribution >= 0.6 is 0 Å². The SMILES string of the molecule is CCCOc1ccc(C(=O)C2CCNCC2)c(OCCC)c1. The first-order valence-corrected chi connectivity index (χ1v) is 8.40. The van der Waals surface area contributed by atoms with Gasteiger partial charge in [-0.2, -0.15) is 0 Å². The van der Waals surface area contributed by atoms with Crippen molar-refractivity contribution < 1.29 is 14.3 Å². The second-order valence-corrected chi connectivity index (χ2v) is 5.74. The van der Waals surface area contributed by atoms with Crippen molar-refractivity contribution in [3.05, 3.63) is 23.8 Å². The van der Waals surface area contributed by atoms with E-state index in [2.05, 4.69) is 19.2 Å². The van der Waals surface area contributed by atoms with E-state index in [-0.39, 0.29) is 11.7 Å². The number of hydrogen-bond acceptors (Lipinski definition) is 4. The molecule has 1 saturated heterocycles. The Balaban J connectivity index is 2.17. The second kappa shape index (κ2) is 8.79. The van der Waals surface area contributed by atoms with E-state index >= 15 is 0 Å². The fourth-order valence-corrected chi connectivity index (χ4v) is 2.65. The molecule has 1 aromatic rings. The molecule has 0 saturated carbocycles. The number of Topliss-reactive ketones (excluding diaryl/α,β-unsaturated/α-hetero) is 1. The van der Waals surface area contributed by atoms with Crippen LogP contribution in [0.15, 0.2) is 18.2 Å². The summed E-state index contributed by atoms with van der Waals surface area (Å²) in [5.41, 5.74) is 0.698. The number of carbonyl (C=O) groups excluding carboxylic acids is 1. The topological polar surface area (TPSA) is 47.6 Å². The van der Waals surface area contributed by atoms with Gasteiger partial charge in [-0.3, -0.25) is 4.79 Å². The Morgan fingerprint density at radius 1 is 1.14 bits per heavy atom. The van der Waals surface area contributed by atoms with Crippen LogP contribution in [0.4, 0.5) is 0 Å². The van der Waals surface area contributed by atoms with E-state index in [9.17, 15) is 4.79 Å². The minimum absolute atomic E-state index is 0.104. The van der Waals surface area contributed by atoms with Gasteiger partial charge in [-0.15, -0.1) is 0 Å². The van der Waals surface area contributed by atoms with Gasteiger partial charge in [0.1, 0.15) is 11.5 Å². The fraction of sp³-hybridized carbons (Fsp3) is 0.611. The maximum absolute atomic E-state index is 12.8. The van der Waals surface area contributed by atoms with Crippen molar-refractivity contribution in [2.45, 2.75) is 39.5 Å². The molecule has 0 amide bonds. The summed E-state index contributed by atoms with van der Waals surface area (Å²) in [5, 5.41) is 3.30. The predicted molar refractivity (Wildman–Crippen MR) is 87.9 cm³/mol. The number of carbonyl (C=O) groups is 1. The highest BCUT2D eigenvalue weighted by atomic mass is 16.5. The summed E-state index contributed by atoms with van der Waals surface area (Å²) in [6, 6.07) is 5.60. The molecule has 0 bridgehead atoms. The minimum Gasteiger partial charge on any atom is -0.493 e. The van der Waals surface area contributed by atoms with Gasteiger partial charge in [0.25, 0.3) is 0 Å². The largest absolute Gasteiger partial charge is 0.493 e. The van der Waals surface area contributed by atoms with Gasteiger partial charge in [-0.05, 0) is 50.9 Å². The molecular weight excluding hydrogens is 278 g/mol. The van der Waals surface area contributed by atoms with Crippen molar-refractivity contribution in [1.82, 2.24) is 5.32 Å². The Bertz CT molecular complexity index is 481. The van der Waals surface area contributed by atoms with Crippen LogP contribution in [0.25, 0.3) is 0 Å². The van der Waals surface area contributed by atoms with Crippen molar-refractivity contribution in [2.75, 3.05) is 26.3 Å². The Morgan fingerprint density at radius 2 is 1.82 bits per heavy atom. The van der Waals surface area contributed by atoms with Crippen LogP contribution in [0.2, 0.25) is 0 Å². The van der Waals surface area contributed by atoms with Crippen LogP contribution in [0.1, 0.15) is 49.9 Å². The van der Waals surface area contributed by atoms with Crippen molar-refractivity contribution in [3.8, 4) is 11.5 Å². The average Bonchev–Trinajstić information content (AvgIpc) is 2.58. The van der Waals surface area contributed by atoms with Crippen molar-refractivity contribution in [3.63, 3.8) is 0 Å². The zero-order valence-corrected chi connectivity index (χ0v) is 13.7. The molecule has 2 rings (SSSR count). The molecule has 0 spiro atoms. The van der Waals surface area contributed by atoms with Crippen molar-refractivity contribution >= 4 is 5.78 Å². The molecule has 0 aromatic heterocycles. The lowest BCUT2D eigenvalue weighted by molar-refractivity contribution is 0.0891. The summed E-state index contributed by atoms with van der Waals surface area (Å²) in [6.07, 6.45) is 3.68. The highest BCUT2D eigenvalue weighted by molar-refractivity contribution is 6.00. The second-order valence-electron chi connectivity index (χ2n) is 5.74. The standard InChI is InChI=1S/C18H27NO3/c1-3-11-21-15-5-6-16(17(13-15)22-12-4-2)18(20)14-7-9-19-10-8-14/h5-6,13-14,19H,3-4,7-12H2,1-2H3. The summed E-state index contributed by atoms with van der Waals surface area (Å²) in [4.78, 5) is 12.8. The monoisotopic (exact) mass is 305 g/mol. The van der Waals surface area contributed by atoms with E-state index in [0.29, 0.717) is 24.5 Å². The van der Waals surface area contributed by atoms with Crippen LogP contribution in [-0.2, 0) is 0 Å². The maximum atomic E-state index is 12.8. The number of piperidine rings is 1. The highest BCUT2D eigenvalue weighted by Gasteiger charge is 2.25. The Kier molecular flexibility index (Phi) is 6.72. The quantitative estimate of drug-likeness (QED) is 0.747. The van der Waals surface area contributed by atoms with Crippen molar-refractivity contribution in [2.24, 2.45) is 5.92 Å². The molecule has 1 N–H and O–H groups in total. The van der Waals surface area contributed by atoms with Gasteiger partial charge in [0.05, 0.1) is 18.8 Å². The minimum atomic E-state index is 0.104. The summed E-state index contributed by atoms with van der Waals surface area (Å²) in [5.74, 6) is 1.75. The molecule has 4 heteroatoms. The zero-order valence-electron chi connectivity index (χ0n) is 13.7. The van der Waals surface area contributed by atoms with Crippen LogP contribution in [0, 0.1) is 5.92 Å². The van der Waals surface area contributed by atoms with Gasteiger partial charge in [-0.1, -0.05) is 13.8 Å². The smallest absolute Gasteiger partial charge is 0.169 e. The maximum Gasteiger partial charge on any atom is 0.169 e. The Labute approximate surface area is 133 Å². The summed E-state index contributed by atoms with van der Waals surface area (Å²) >= 11 is 0. The van der Waals surface area contributed by atoms with E-state index in [1.807, 2.05) is 18.2 Å². The normalized spacial score (nSPS) is 15.5. The van der Waals surface area contributed by atoms with E-state index in [4.69, 9.17) is 9.47 Å². The van der Waals surface area contributed by atoms with Gasteiger partial charge in [0, 0.05) is 12.0 Å². The van der Waals surface area contributed by atoms with Crippen LogP contribution in [-0.4, -0.2) is 32.1 Å². The molecule has 1 fully saturated rings. The van der Waals surface area contributed by atoms with Gasteiger partial charge >= 0.3 is 0 Å². The number of ether oxygens (including phenoxy) is 2. The van der Waals surface area contributed by atoms with E-state index in [1.165, 1.54) is 0 Å². The molecule has 1 aromatic carbocycles. The fourth-order valence-electron chi connectivity index (χ4n) is 2.65. The molecule has 0 atom stereocenters. The molecule has 4 nitrogen and oxygen atoms in total. The van der Waals surface area contributed by atoms with E-state index in [1.54, 1.807) is 0 Å². The van der Waals surface area contributed by atoms with Gasteiger partial charge in [0.15, 0.2) is 5.78 Å². The molecule has 122 valence electrons. The lowest BCUT2D eigenvalue weighted by Crippen LogP contribution is -2.32. The predicted octanol–water partition coefficient (Wildman–Crippen LogP) is 3.45. The molecule has 1 heterocycles. The summed E-state index contributed by atoms with van der Waals surface area (Å²) in [7, 11) is 0. The third-order valence-corrected chi connectivity index (χ3v) is 3.86. The zero-order chi connectivity index (χ0) is 15.8. The van der Waals surface area contributed by atoms with Gasteiger partial charge in [0.2, 0.25) is 0 Å². The highest BCUT2D eigenvalue weighted by Crippen LogP contribution is 2.29. The summed E-state index contributed by atoms with van der Waals surface area (Å²) in [6.45, 7) is 7.26.